The molecule has 0 heterocycles. The van der Waals surface area contributed by atoms with E-state index in [1.165, 1.54) is 14.0 Å². The molecular weight excluding hydrogens is 339 g/mol. The quantitative estimate of drug-likeness (QED) is 0.629. The van der Waals surface area contributed by atoms with E-state index in [0.717, 1.165) is 24.8 Å². The van der Waals surface area contributed by atoms with Gasteiger partial charge in [0.25, 0.3) is 0 Å². The van der Waals surface area contributed by atoms with Crippen LogP contribution in [-0.4, -0.2) is 44.2 Å². The van der Waals surface area contributed by atoms with Crippen molar-refractivity contribution in [1.82, 2.24) is 5.32 Å². The highest BCUT2D eigenvalue weighted by Gasteiger charge is 2.15. The molecular formula is C17H28F3NO4. The molecule has 2 N–H and O–H groups in total. The molecule has 1 rings (SSSR count). The number of hydrogen-bond acceptors (Lipinski definition) is 5. The van der Waals surface area contributed by atoms with Gasteiger partial charge in [-0.25, -0.2) is 0 Å². The van der Waals surface area contributed by atoms with Crippen LogP contribution in [0.1, 0.15) is 32.8 Å². The molecule has 0 fully saturated rings. The Kier molecular flexibility index (Phi) is 20.3. The molecule has 0 bridgehead atoms. The van der Waals surface area contributed by atoms with E-state index in [1.807, 2.05) is 19.2 Å². The molecule has 0 saturated heterocycles. The maximum Gasteiger partial charge on any atom is 0.386 e. The number of halogens is 3. The summed E-state index contributed by atoms with van der Waals surface area (Å²) in [7, 11) is 3.28. The van der Waals surface area contributed by atoms with Gasteiger partial charge in [0, 0.05) is 20.3 Å². The highest BCUT2D eigenvalue weighted by Crippen LogP contribution is 2.10. The van der Waals surface area contributed by atoms with Gasteiger partial charge in [-0.15, -0.1) is 0 Å². The molecule has 0 aromatic heterocycles. The summed E-state index contributed by atoms with van der Waals surface area (Å²) in [4.78, 5) is 19.6. The summed E-state index contributed by atoms with van der Waals surface area (Å²) in [5, 5.41) is 11.8. The van der Waals surface area contributed by atoms with Crippen molar-refractivity contribution in [3.8, 4) is 5.75 Å². The molecule has 1 aromatic carbocycles. The molecule has 0 aliphatic heterocycles. The van der Waals surface area contributed by atoms with Crippen molar-refractivity contribution in [2.24, 2.45) is 0 Å². The first kappa shape index (κ1) is 27.7. The summed E-state index contributed by atoms with van der Waals surface area (Å²) in [6, 6.07) is 6.89. The number of carbonyl (C=O) groups is 2. The number of phenols is 1. The van der Waals surface area contributed by atoms with Crippen LogP contribution in [0.5, 0.6) is 5.75 Å². The van der Waals surface area contributed by atoms with E-state index >= 15 is 0 Å². The molecule has 0 amide bonds. The van der Waals surface area contributed by atoms with Crippen molar-refractivity contribution in [3.63, 3.8) is 0 Å². The second-order valence-electron chi connectivity index (χ2n) is 4.56. The average molecular weight is 367 g/mol. The van der Waals surface area contributed by atoms with Gasteiger partial charge in [0.1, 0.15) is 12.0 Å². The fourth-order valence-corrected chi connectivity index (χ4v) is 0.888. The number of ether oxygens (including phenoxy) is 1. The fraction of sp³-hybridized carbons (Fsp3) is 0.529. The number of nitrogens with one attached hydrogen (secondary N) is 1. The third kappa shape index (κ3) is 39.1. The molecule has 1 aromatic rings. The van der Waals surface area contributed by atoms with Crippen LogP contribution in [0.2, 0.25) is 0 Å². The first-order valence-corrected chi connectivity index (χ1v) is 7.49. The van der Waals surface area contributed by atoms with E-state index in [4.69, 9.17) is 5.11 Å². The topological polar surface area (TPSA) is 75.6 Å². The monoisotopic (exact) mass is 367 g/mol. The minimum Gasteiger partial charge on any atom is -0.508 e. The van der Waals surface area contributed by atoms with Gasteiger partial charge >= 0.3 is 12.1 Å². The van der Waals surface area contributed by atoms with Crippen molar-refractivity contribution in [3.05, 3.63) is 29.8 Å². The van der Waals surface area contributed by atoms with Crippen molar-refractivity contribution in [2.45, 2.75) is 39.8 Å². The molecule has 5 nitrogen and oxygen atoms in total. The second-order valence-corrected chi connectivity index (χ2v) is 4.56. The summed E-state index contributed by atoms with van der Waals surface area (Å²) in [5.41, 5.74) is 1.08. The van der Waals surface area contributed by atoms with E-state index in [2.05, 4.69) is 17.0 Å². The van der Waals surface area contributed by atoms with Crippen LogP contribution < -0.4 is 5.32 Å². The van der Waals surface area contributed by atoms with Crippen molar-refractivity contribution in [1.29, 1.82) is 0 Å². The number of alkyl halides is 3. The Balaban J connectivity index is -0.000000292. The van der Waals surface area contributed by atoms with Crippen molar-refractivity contribution < 1.29 is 32.6 Å². The highest BCUT2D eigenvalue weighted by molar-refractivity contribution is 5.65. The van der Waals surface area contributed by atoms with Crippen molar-refractivity contribution >= 4 is 12.3 Å². The lowest BCUT2D eigenvalue weighted by Gasteiger charge is -1.96. The van der Waals surface area contributed by atoms with Crippen LogP contribution in [0, 0.1) is 0 Å². The lowest BCUT2D eigenvalue weighted by molar-refractivity contribution is -0.138. The number of rotatable bonds is 4. The first-order chi connectivity index (χ1) is 11.5. The Morgan fingerprint density at radius 2 is 1.64 bits per heavy atom. The lowest BCUT2D eigenvalue weighted by Crippen LogP contribution is -2.01. The molecule has 0 spiro atoms. The SMILES string of the molecule is CC(F)(F)F.CCNC.COC(C)=O.O=CCCc1ccc(O)cc1. The maximum absolute atomic E-state index is 10.4. The van der Waals surface area contributed by atoms with Gasteiger partial charge in [-0.1, -0.05) is 19.1 Å². The number of aldehydes is 1. The van der Waals surface area contributed by atoms with Crippen LogP contribution in [0.4, 0.5) is 13.2 Å². The summed E-state index contributed by atoms with van der Waals surface area (Å²) in [6.45, 7) is 4.69. The second kappa shape index (κ2) is 18.3. The third-order valence-corrected chi connectivity index (χ3v) is 2.13. The Morgan fingerprint density at radius 1 is 1.28 bits per heavy atom. The van der Waals surface area contributed by atoms with E-state index in [0.29, 0.717) is 6.42 Å². The summed E-state index contributed by atoms with van der Waals surface area (Å²) in [5.74, 6) is 0.0184. The Labute approximate surface area is 147 Å². The van der Waals surface area contributed by atoms with E-state index in [-0.39, 0.29) is 18.6 Å². The highest BCUT2D eigenvalue weighted by atomic mass is 19.4. The summed E-state index contributed by atoms with van der Waals surface area (Å²) in [6.07, 6.45) is -1.80. The molecule has 0 aliphatic carbocycles. The lowest BCUT2D eigenvalue weighted by atomic mass is 10.1. The molecule has 0 unspecified atom stereocenters. The van der Waals surface area contributed by atoms with Gasteiger partial charge in [-0.3, -0.25) is 4.79 Å². The summed E-state index contributed by atoms with van der Waals surface area (Å²) < 4.78 is 35.2. The van der Waals surface area contributed by atoms with Gasteiger partial charge in [-0.05, 0) is 37.7 Å². The predicted molar refractivity (Wildman–Crippen MR) is 91.5 cm³/mol. The Morgan fingerprint density at radius 3 is 1.88 bits per heavy atom. The maximum atomic E-state index is 10.4. The molecule has 0 aliphatic rings. The normalized spacial score (nSPS) is 9.12. The zero-order valence-electron chi connectivity index (χ0n) is 15.3. The van der Waals surface area contributed by atoms with E-state index in [1.54, 1.807) is 12.1 Å². The number of carbonyl (C=O) groups excluding carboxylic acids is 2. The molecule has 146 valence electrons. The molecule has 0 saturated carbocycles. The number of methoxy groups -OCH3 is 1. The fourth-order valence-electron chi connectivity index (χ4n) is 0.888. The number of aryl methyl sites for hydroxylation is 1. The smallest absolute Gasteiger partial charge is 0.386 e. The van der Waals surface area contributed by atoms with Crippen LogP contribution in [0.25, 0.3) is 0 Å². The molecule has 25 heavy (non-hydrogen) atoms. The zero-order chi connectivity index (χ0) is 20.3. The van der Waals surface area contributed by atoms with Gasteiger partial charge in [-0.2, -0.15) is 13.2 Å². The van der Waals surface area contributed by atoms with Crippen LogP contribution in [0.3, 0.4) is 0 Å². The Hall–Kier alpha value is -2.09. The minimum atomic E-state index is -4.00. The van der Waals surface area contributed by atoms with Gasteiger partial charge in [0.2, 0.25) is 0 Å². The standard InChI is InChI=1S/C9H10O2.C3H9N.C3H6O2.C2H3F3/c10-7-1-2-8-3-5-9(11)6-4-8;1-3-4-2;1-3(4)5-2;1-2(3,4)5/h3-7,11H,1-2H2;4H,3H2,1-2H3;1-2H3;1H3. The Bertz CT molecular complexity index is 427. The van der Waals surface area contributed by atoms with Gasteiger partial charge in [0.15, 0.2) is 0 Å². The van der Waals surface area contributed by atoms with E-state index in [9.17, 15) is 22.8 Å². The third-order valence-electron chi connectivity index (χ3n) is 2.13. The first-order valence-electron chi connectivity index (χ1n) is 7.49. The number of esters is 1. The minimum absolute atomic E-state index is 0.188. The largest absolute Gasteiger partial charge is 0.508 e. The summed E-state index contributed by atoms with van der Waals surface area (Å²) >= 11 is 0. The number of hydrogen-bond donors (Lipinski definition) is 2. The van der Waals surface area contributed by atoms with Crippen LogP contribution in [0.15, 0.2) is 24.3 Å². The van der Waals surface area contributed by atoms with Crippen LogP contribution in [-0.2, 0) is 20.7 Å². The van der Waals surface area contributed by atoms with Gasteiger partial charge < -0.3 is 20.0 Å². The average Bonchev–Trinajstić information content (AvgIpc) is 2.53. The molecule has 8 heteroatoms. The zero-order valence-corrected chi connectivity index (χ0v) is 15.3. The van der Waals surface area contributed by atoms with Crippen LogP contribution >= 0.6 is 0 Å². The predicted octanol–water partition coefficient (Wildman–Crippen LogP) is 3.50. The number of benzene rings is 1. The van der Waals surface area contributed by atoms with E-state index < -0.39 is 6.18 Å². The van der Waals surface area contributed by atoms with Crippen molar-refractivity contribution in [2.75, 3.05) is 20.7 Å². The molecule has 0 radical (unpaired) electrons. The number of aromatic hydroxyl groups is 1. The number of phenolic OH excluding ortho intramolecular Hbond substituents is 1. The molecule has 0 atom stereocenters. The van der Waals surface area contributed by atoms with Gasteiger partial charge in [0.05, 0.1) is 7.11 Å².